The second kappa shape index (κ2) is 9.07. The highest BCUT2D eigenvalue weighted by Gasteiger charge is 2.30. The molecule has 6 nitrogen and oxygen atoms in total. The summed E-state index contributed by atoms with van der Waals surface area (Å²) in [5.41, 5.74) is 0.832. The lowest BCUT2D eigenvalue weighted by Gasteiger charge is -2.19. The van der Waals surface area contributed by atoms with Crippen molar-refractivity contribution >= 4 is 27.3 Å². The van der Waals surface area contributed by atoms with Gasteiger partial charge in [-0.15, -0.1) is 0 Å². The van der Waals surface area contributed by atoms with Gasteiger partial charge in [-0.3, -0.25) is 9.78 Å². The third-order valence-electron chi connectivity index (χ3n) is 4.35. The number of hydrogen-bond acceptors (Lipinski definition) is 5. The normalized spacial score (nSPS) is 12.2. The van der Waals surface area contributed by atoms with Crippen molar-refractivity contribution in [1.82, 2.24) is 10.3 Å². The minimum atomic E-state index is -3.80. The summed E-state index contributed by atoms with van der Waals surface area (Å²) < 4.78 is 31.7. The highest BCUT2D eigenvalue weighted by Crippen LogP contribution is 2.29. The Morgan fingerprint density at radius 1 is 1.14 bits per heavy atom. The molecule has 0 aliphatic heterocycles. The molecule has 0 aliphatic rings. The van der Waals surface area contributed by atoms with E-state index in [0.717, 1.165) is 0 Å². The number of aromatic nitrogens is 1. The number of nitrogens with one attached hydrogen (secondary N) is 1. The van der Waals surface area contributed by atoms with E-state index in [-0.39, 0.29) is 11.4 Å². The van der Waals surface area contributed by atoms with E-state index in [1.165, 1.54) is 31.5 Å². The SMILES string of the molecule is COc1ccc(S(=O)(=O)C(CNC(=O)c2cccc(Cl)c2)c2cccnc2)cc1. The largest absolute Gasteiger partial charge is 0.497 e. The summed E-state index contributed by atoms with van der Waals surface area (Å²) in [7, 11) is -2.29. The summed E-state index contributed by atoms with van der Waals surface area (Å²) >= 11 is 5.93. The smallest absolute Gasteiger partial charge is 0.251 e. The van der Waals surface area contributed by atoms with E-state index in [9.17, 15) is 13.2 Å². The summed E-state index contributed by atoms with van der Waals surface area (Å²) in [5, 5.41) is 2.11. The zero-order valence-corrected chi connectivity index (χ0v) is 17.2. The van der Waals surface area contributed by atoms with E-state index in [1.54, 1.807) is 48.7 Å². The monoisotopic (exact) mass is 430 g/mol. The lowest BCUT2D eigenvalue weighted by molar-refractivity contribution is 0.0953. The molecule has 0 spiro atoms. The van der Waals surface area contributed by atoms with E-state index in [4.69, 9.17) is 16.3 Å². The van der Waals surface area contributed by atoms with Gasteiger partial charge in [-0.2, -0.15) is 0 Å². The zero-order chi connectivity index (χ0) is 20.9. The molecule has 1 unspecified atom stereocenters. The lowest BCUT2D eigenvalue weighted by Crippen LogP contribution is -2.32. The molecule has 0 bridgehead atoms. The molecule has 0 fully saturated rings. The number of halogens is 1. The van der Waals surface area contributed by atoms with Crippen molar-refractivity contribution < 1.29 is 17.9 Å². The van der Waals surface area contributed by atoms with Crippen LogP contribution in [0.25, 0.3) is 0 Å². The molecule has 3 aromatic rings. The summed E-state index contributed by atoms with van der Waals surface area (Å²) in [4.78, 5) is 16.6. The van der Waals surface area contributed by atoms with Crippen LogP contribution >= 0.6 is 11.6 Å². The maximum absolute atomic E-state index is 13.3. The number of benzene rings is 2. The number of nitrogens with zero attached hydrogens (tertiary/aromatic N) is 1. The van der Waals surface area contributed by atoms with E-state index in [0.29, 0.717) is 21.9 Å². The fraction of sp³-hybridized carbons (Fsp3) is 0.143. The van der Waals surface area contributed by atoms with Crippen LogP contribution in [0.5, 0.6) is 5.75 Å². The molecule has 1 aromatic heterocycles. The Morgan fingerprint density at radius 3 is 2.52 bits per heavy atom. The maximum atomic E-state index is 13.3. The minimum Gasteiger partial charge on any atom is -0.497 e. The Morgan fingerprint density at radius 2 is 1.90 bits per heavy atom. The first-order chi connectivity index (χ1) is 13.9. The third-order valence-corrected chi connectivity index (χ3v) is 6.71. The third kappa shape index (κ3) is 4.93. The van der Waals surface area contributed by atoms with E-state index < -0.39 is 21.0 Å². The van der Waals surface area contributed by atoms with Crippen LogP contribution in [-0.4, -0.2) is 33.0 Å². The molecule has 150 valence electrons. The van der Waals surface area contributed by atoms with Crippen LogP contribution in [0.2, 0.25) is 5.02 Å². The van der Waals surface area contributed by atoms with Gasteiger partial charge in [-0.05, 0) is 54.1 Å². The van der Waals surface area contributed by atoms with Crippen molar-refractivity contribution in [3.63, 3.8) is 0 Å². The van der Waals surface area contributed by atoms with E-state index >= 15 is 0 Å². The Bertz CT molecular complexity index is 1090. The Kier molecular flexibility index (Phi) is 6.51. The average Bonchev–Trinajstić information content (AvgIpc) is 2.74. The molecule has 1 atom stereocenters. The van der Waals surface area contributed by atoms with Gasteiger partial charge in [0.1, 0.15) is 11.0 Å². The number of sulfone groups is 1. The maximum Gasteiger partial charge on any atom is 0.251 e. The predicted molar refractivity (Wildman–Crippen MR) is 111 cm³/mol. The molecule has 1 heterocycles. The van der Waals surface area contributed by atoms with Gasteiger partial charge in [0, 0.05) is 29.5 Å². The molecule has 0 saturated heterocycles. The zero-order valence-electron chi connectivity index (χ0n) is 15.6. The molecule has 29 heavy (non-hydrogen) atoms. The number of hydrogen-bond donors (Lipinski definition) is 1. The fourth-order valence-corrected chi connectivity index (χ4v) is 4.65. The van der Waals surface area contributed by atoms with Crippen LogP contribution in [0, 0.1) is 0 Å². The average molecular weight is 431 g/mol. The predicted octanol–water partition coefficient (Wildman–Crippen LogP) is 3.69. The van der Waals surface area contributed by atoms with Crippen molar-refractivity contribution in [1.29, 1.82) is 0 Å². The lowest BCUT2D eigenvalue weighted by atomic mass is 10.2. The van der Waals surface area contributed by atoms with Gasteiger partial charge in [0.2, 0.25) is 0 Å². The first-order valence-electron chi connectivity index (χ1n) is 8.73. The Hall–Kier alpha value is -2.90. The van der Waals surface area contributed by atoms with Gasteiger partial charge in [-0.25, -0.2) is 8.42 Å². The molecule has 3 rings (SSSR count). The van der Waals surface area contributed by atoms with Crippen molar-refractivity contribution in [3.8, 4) is 5.75 Å². The molecule has 1 amide bonds. The fourth-order valence-electron chi connectivity index (χ4n) is 2.82. The number of methoxy groups -OCH3 is 1. The van der Waals surface area contributed by atoms with Gasteiger partial charge < -0.3 is 10.1 Å². The number of carbonyl (C=O) groups is 1. The topological polar surface area (TPSA) is 85.4 Å². The Labute approximate surface area is 174 Å². The van der Waals surface area contributed by atoms with Crippen molar-refractivity contribution in [2.45, 2.75) is 10.1 Å². The summed E-state index contributed by atoms with van der Waals surface area (Å²) in [6, 6.07) is 15.9. The highest BCUT2D eigenvalue weighted by molar-refractivity contribution is 7.91. The first-order valence-corrected chi connectivity index (χ1v) is 10.7. The molecular formula is C21H19ClN2O4S. The summed E-state index contributed by atoms with van der Waals surface area (Å²) in [6.45, 7) is -0.120. The first kappa shape index (κ1) is 20.8. The van der Waals surface area contributed by atoms with Crippen LogP contribution in [-0.2, 0) is 9.84 Å². The Balaban J connectivity index is 1.89. The van der Waals surface area contributed by atoms with Crippen molar-refractivity contribution in [2.24, 2.45) is 0 Å². The molecule has 0 saturated carbocycles. The van der Waals surface area contributed by atoms with Gasteiger partial charge >= 0.3 is 0 Å². The van der Waals surface area contributed by atoms with Crippen LogP contribution in [0.1, 0.15) is 21.2 Å². The number of amides is 1. The molecule has 8 heteroatoms. The number of carbonyl (C=O) groups excluding carboxylic acids is 1. The number of pyridine rings is 1. The number of ether oxygens (including phenoxy) is 1. The second-order valence-electron chi connectivity index (χ2n) is 6.22. The molecule has 2 aromatic carbocycles. The minimum absolute atomic E-state index is 0.120. The van der Waals surface area contributed by atoms with Gasteiger partial charge in [0.05, 0.1) is 12.0 Å². The standard InChI is InChI=1S/C21H19ClN2O4S/c1-28-18-7-9-19(10-8-18)29(26,27)20(16-5-3-11-23-13-16)14-24-21(25)15-4-2-6-17(22)12-15/h2-13,20H,14H2,1H3,(H,24,25). The summed E-state index contributed by atoms with van der Waals surface area (Å²) in [6.07, 6.45) is 3.04. The van der Waals surface area contributed by atoms with Crippen molar-refractivity contribution in [2.75, 3.05) is 13.7 Å². The van der Waals surface area contributed by atoms with Crippen LogP contribution in [0.15, 0.2) is 78.0 Å². The molecule has 0 aliphatic carbocycles. The summed E-state index contributed by atoms with van der Waals surface area (Å²) in [5.74, 6) is 0.141. The van der Waals surface area contributed by atoms with Crippen LogP contribution in [0.3, 0.4) is 0 Å². The molecule has 1 N–H and O–H groups in total. The quantitative estimate of drug-likeness (QED) is 0.617. The molecular weight excluding hydrogens is 412 g/mol. The molecule has 0 radical (unpaired) electrons. The van der Waals surface area contributed by atoms with E-state index in [1.807, 2.05) is 0 Å². The van der Waals surface area contributed by atoms with E-state index in [2.05, 4.69) is 10.3 Å². The second-order valence-corrected chi connectivity index (χ2v) is 8.78. The van der Waals surface area contributed by atoms with Gasteiger partial charge in [0.15, 0.2) is 9.84 Å². The number of rotatable bonds is 7. The van der Waals surface area contributed by atoms with Crippen molar-refractivity contribution in [3.05, 3.63) is 89.2 Å². The van der Waals surface area contributed by atoms with Crippen LogP contribution in [0.4, 0.5) is 0 Å². The van der Waals surface area contributed by atoms with Gasteiger partial charge in [0.25, 0.3) is 5.91 Å². The highest BCUT2D eigenvalue weighted by atomic mass is 35.5. The van der Waals surface area contributed by atoms with Crippen LogP contribution < -0.4 is 10.1 Å². The van der Waals surface area contributed by atoms with Gasteiger partial charge in [-0.1, -0.05) is 23.7 Å².